The summed E-state index contributed by atoms with van der Waals surface area (Å²) in [7, 11) is 0. The van der Waals surface area contributed by atoms with Gasteiger partial charge in [0, 0.05) is 53.8 Å². The Hall–Kier alpha value is -7.13. The van der Waals surface area contributed by atoms with E-state index in [2.05, 4.69) is 156 Å². The van der Waals surface area contributed by atoms with Crippen LogP contribution in [0.1, 0.15) is 11.1 Å². The Morgan fingerprint density at radius 1 is 0.527 bits per heavy atom. The fourth-order valence-corrected chi connectivity index (χ4v) is 10.2. The van der Waals surface area contributed by atoms with Gasteiger partial charge in [0.2, 0.25) is 0 Å². The quantitative estimate of drug-likeness (QED) is 0.182. The largest absolute Gasteiger partial charge is 0.455 e. The molecule has 0 spiro atoms. The van der Waals surface area contributed by atoms with Gasteiger partial charge in [0.1, 0.15) is 11.2 Å². The molecule has 12 aromatic rings. The Morgan fingerprint density at radius 3 is 2.18 bits per heavy atom. The summed E-state index contributed by atoms with van der Waals surface area (Å²) in [5.74, 6) is 0. The Balaban J connectivity index is 1.10. The lowest BCUT2D eigenvalue weighted by Gasteiger charge is -2.14. The maximum Gasteiger partial charge on any atom is 0.145 e. The van der Waals surface area contributed by atoms with Gasteiger partial charge in [-0.25, -0.2) is 0 Å². The average molecular weight is 720 g/mol. The van der Waals surface area contributed by atoms with Gasteiger partial charge in [-0.15, -0.1) is 11.3 Å². The van der Waals surface area contributed by atoms with Crippen LogP contribution in [0.2, 0.25) is 0 Å². The zero-order valence-electron chi connectivity index (χ0n) is 29.7. The zero-order chi connectivity index (χ0) is 36.4. The number of aryl methyl sites for hydroxylation is 1. The standard InChI is InChI=1S/C50H29N3OS/c1-29-17-21-43-41(23-29)37-18-19-39-36-12-4-7-16-46(36)55-50(39)48(37)53(43)34-25-30(28-51)24-32(27-34)31-9-8-10-33(26-31)52-42-14-5-2-13-40(42)47-44(52)22-20-38-35-11-3-6-15-45(35)54-49(38)47/h2-27H,1H3. The molecule has 0 unspecified atom stereocenters. The summed E-state index contributed by atoms with van der Waals surface area (Å²) in [5.41, 5.74) is 12.2. The normalized spacial score (nSPS) is 12.1. The van der Waals surface area contributed by atoms with Crippen LogP contribution in [-0.2, 0) is 0 Å². The first-order chi connectivity index (χ1) is 27.1. The van der Waals surface area contributed by atoms with Gasteiger partial charge in [0.05, 0.1) is 43.8 Å². The van der Waals surface area contributed by atoms with Crippen molar-refractivity contribution in [2.75, 3.05) is 0 Å². The second kappa shape index (κ2) is 11.2. The number of benzene rings is 8. The molecule has 0 aliphatic rings. The molecule has 0 aliphatic carbocycles. The molecular weight excluding hydrogens is 691 g/mol. The second-order valence-corrected chi connectivity index (χ2v) is 15.6. The number of nitrogens with zero attached hydrogens (tertiary/aromatic N) is 3. The van der Waals surface area contributed by atoms with Gasteiger partial charge >= 0.3 is 0 Å². The van der Waals surface area contributed by atoms with Crippen LogP contribution in [0.4, 0.5) is 0 Å². The van der Waals surface area contributed by atoms with Gasteiger partial charge in [-0.2, -0.15) is 5.26 Å². The molecule has 12 rings (SSSR count). The molecular formula is C50H29N3OS. The summed E-state index contributed by atoms with van der Waals surface area (Å²) in [6.45, 7) is 2.15. The SMILES string of the molecule is Cc1ccc2c(c1)c1ccc3c4ccccc4sc3c1n2-c1cc(C#N)cc(-c2cccc(-n3c4ccccc4c4c5oc6ccccc6c5ccc43)c2)c1. The monoisotopic (exact) mass is 719 g/mol. The van der Waals surface area contributed by atoms with Crippen LogP contribution in [0.3, 0.4) is 0 Å². The van der Waals surface area contributed by atoms with E-state index in [1.165, 1.54) is 42.0 Å². The molecule has 4 heterocycles. The highest BCUT2D eigenvalue weighted by molar-refractivity contribution is 7.26. The summed E-state index contributed by atoms with van der Waals surface area (Å²) >= 11 is 1.84. The third kappa shape index (κ3) is 4.26. The Kier molecular flexibility index (Phi) is 6.17. The molecule has 0 saturated carbocycles. The van der Waals surface area contributed by atoms with Gasteiger partial charge in [-0.3, -0.25) is 0 Å². The number of fused-ring (bicyclic) bond motifs is 14. The first-order valence-corrected chi connectivity index (χ1v) is 19.3. The lowest BCUT2D eigenvalue weighted by Crippen LogP contribution is -1.97. The van der Waals surface area contributed by atoms with E-state index in [-0.39, 0.29) is 0 Å². The predicted octanol–water partition coefficient (Wildman–Crippen LogP) is 14.0. The lowest BCUT2D eigenvalue weighted by molar-refractivity contribution is 0.673. The number of aromatic nitrogens is 2. The molecule has 0 radical (unpaired) electrons. The van der Waals surface area contributed by atoms with E-state index in [4.69, 9.17) is 4.42 Å². The fraction of sp³-hybridized carbons (Fsp3) is 0.0200. The molecule has 8 aromatic carbocycles. The number of furan rings is 1. The Morgan fingerprint density at radius 2 is 1.27 bits per heavy atom. The molecule has 4 aromatic heterocycles. The van der Waals surface area contributed by atoms with E-state index in [0.29, 0.717) is 5.56 Å². The van der Waals surface area contributed by atoms with Crippen molar-refractivity contribution in [2.45, 2.75) is 6.92 Å². The van der Waals surface area contributed by atoms with E-state index in [9.17, 15) is 5.26 Å². The van der Waals surface area contributed by atoms with Crippen molar-refractivity contribution in [1.82, 2.24) is 9.13 Å². The summed E-state index contributed by atoms with van der Waals surface area (Å²) < 4.78 is 13.8. The van der Waals surface area contributed by atoms with Crippen molar-refractivity contribution in [3.63, 3.8) is 0 Å². The number of hydrogen-bond donors (Lipinski definition) is 0. The molecule has 55 heavy (non-hydrogen) atoms. The van der Waals surface area contributed by atoms with E-state index in [1.54, 1.807) is 0 Å². The van der Waals surface area contributed by atoms with Crippen molar-refractivity contribution in [1.29, 1.82) is 5.26 Å². The Labute approximate surface area is 318 Å². The third-order valence-corrected chi connectivity index (χ3v) is 12.5. The highest BCUT2D eigenvalue weighted by Gasteiger charge is 2.21. The van der Waals surface area contributed by atoms with Gasteiger partial charge in [-0.1, -0.05) is 90.5 Å². The van der Waals surface area contributed by atoms with Crippen LogP contribution >= 0.6 is 11.3 Å². The number of hydrogen-bond acceptors (Lipinski definition) is 3. The van der Waals surface area contributed by atoms with Crippen LogP contribution in [0.5, 0.6) is 0 Å². The first kappa shape index (κ1) is 30.3. The molecule has 0 atom stereocenters. The van der Waals surface area contributed by atoms with E-state index >= 15 is 0 Å². The number of para-hydroxylation sites is 2. The molecule has 0 saturated heterocycles. The van der Waals surface area contributed by atoms with Crippen molar-refractivity contribution in [3.05, 3.63) is 169 Å². The molecule has 256 valence electrons. The van der Waals surface area contributed by atoms with Gasteiger partial charge < -0.3 is 13.6 Å². The molecule has 5 heteroatoms. The van der Waals surface area contributed by atoms with Crippen molar-refractivity contribution < 1.29 is 4.42 Å². The van der Waals surface area contributed by atoms with Gasteiger partial charge in [0.25, 0.3) is 0 Å². The minimum Gasteiger partial charge on any atom is -0.455 e. The molecule has 0 fully saturated rings. The van der Waals surface area contributed by atoms with E-state index in [1.807, 2.05) is 35.6 Å². The number of thiophene rings is 1. The van der Waals surface area contributed by atoms with Gasteiger partial charge in [0.15, 0.2) is 0 Å². The third-order valence-electron chi connectivity index (χ3n) is 11.4. The predicted molar refractivity (Wildman–Crippen MR) is 230 cm³/mol. The van der Waals surface area contributed by atoms with Crippen LogP contribution in [0.15, 0.2) is 162 Å². The molecule has 0 amide bonds. The van der Waals surface area contributed by atoms with Crippen molar-refractivity contribution >= 4 is 97.1 Å². The fourth-order valence-electron chi connectivity index (χ4n) is 8.97. The summed E-state index contributed by atoms with van der Waals surface area (Å²) in [5, 5.41) is 19.9. The van der Waals surface area contributed by atoms with E-state index < -0.39 is 0 Å². The van der Waals surface area contributed by atoms with Crippen LogP contribution in [-0.4, -0.2) is 9.13 Å². The van der Waals surface area contributed by atoms with Crippen molar-refractivity contribution in [2.24, 2.45) is 0 Å². The molecule has 0 aliphatic heterocycles. The molecule has 0 N–H and O–H groups in total. The van der Waals surface area contributed by atoms with Crippen LogP contribution in [0, 0.1) is 18.3 Å². The average Bonchev–Trinajstić information content (AvgIpc) is 3.98. The maximum absolute atomic E-state index is 10.5. The van der Waals surface area contributed by atoms with Gasteiger partial charge in [-0.05, 0) is 90.8 Å². The van der Waals surface area contributed by atoms with Crippen LogP contribution in [0.25, 0.3) is 108 Å². The Bertz CT molecular complexity index is 3640. The zero-order valence-corrected chi connectivity index (χ0v) is 30.5. The number of rotatable bonds is 3. The maximum atomic E-state index is 10.5. The van der Waals surface area contributed by atoms with Crippen molar-refractivity contribution in [3.8, 4) is 28.6 Å². The summed E-state index contributed by atoms with van der Waals surface area (Å²) in [6, 6.07) is 58.6. The molecule has 0 bridgehead atoms. The van der Waals surface area contributed by atoms with Crippen LogP contribution < -0.4 is 0 Å². The smallest absolute Gasteiger partial charge is 0.145 e. The van der Waals surface area contributed by atoms with E-state index in [0.717, 1.165) is 71.8 Å². The minimum atomic E-state index is 0.618. The highest BCUT2D eigenvalue weighted by Crippen LogP contribution is 2.44. The number of nitriles is 1. The molecule has 4 nitrogen and oxygen atoms in total. The highest BCUT2D eigenvalue weighted by atomic mass is 32.1. The first-order valence-electron chi connectivity index (χ1n) is 18.5. The summed E-state index contributed by atoms with van der Waals surface area (Å²) in [6.07, 6.45) is 0. The lowest BCUT2D eigenvalue weighted by atomic mass is 10.0. The summed E-state index contributed by atoms with van der Waals surface area (Å²) in [4.78, 5) is 0. The minimum absolute atomic E-state index is 0.618. The second-order valence-electron chi connectivity index (χ2n) is 14.5. The topological polar surface area (TPSA) is 46.8 Å².